The summed E-state index contributed by atoms with van der Waals surface area (Å²) in [5.41, 5.74) is 6.67. The Hall–Kier alpha value is -1.55. The van der Waals surface area contributed by atoms with E-state index in [2.05, 4.69) is 0 Å². The van der Waals surface area contributed by atoms with Gasteiger partial charge in [-0.3, -0.25) is 4.79 Å². The molecule has 4 nitrogen and oxygen atoms in total. The normalized spacial score (nSPS) is 20.6. The summed E-state index contributed by atoms with van der Waals surface area (Å²) in [4.78, 5) is 14.5. The van der Waals surface area contributed by atoms with E-state index in [4.69, 9.17) is 10.5 Å². The summed E-state index contributed by atoms with van der Waals surface area (Å²) in [5, 5.41) is 0. The first-order valence-corrected chi connectivity index (χ1v) is 7.39. The van der Waals surface area contributed by atoms with E-state index in [0.717, 1.165) is 31.7 Å². The minimum absolute atomic E-state index is 0.0805. The molecule has 110 valence electrons. The number of benzene rings is 1. The molecule has 4 heteroatoms. The second-order valence-electron chi connectivity index (χ2n) is 5.47. The molecule has 1 aliphatic heterocycles. The lowest BCUT2D eigenvalue weighted by Gasteiger charge is -2.34. The van der Waals surface area contributed by atoms with Gasteiger partial charge in [0.05, 0.1) is 6.61 Å². The molecule has 20 heavy (non-hydrogen) atoms. The van der Waals surface area contributed by atoms with Gasteiger partial charge in [0.2, 0.25) is 0 Å². The Bertz CT molecular complexity index is 460. The zero-order chi connectivity index (χ0) is 14.5. The van der Waals surface area contributed by atoms with Crippen LogP contribution >= 0.6 is 0 Å². The highest BCUT2D eigenvalue weighted by Gasteiger charge is 2.26. The van der Waals surface area contributed by atoms with Gasteiger partial charge >= 0.3 is 0 Å². The molecule has 1 heterocycles. The second-order valence-corrected chi connectivity index (χ2v) is 5.47. The Labute approximate surface area is 120 Å². The lowest BCUT2D eigenvalue weighted by Crippen LogP contribution is -2.45. The molecular weight excluding hydrogens is 252 g/mol. The van der Waals surface area contributed by atoms with Crippen molar-refractivity contribution in [2.75, 3.05) is 19.7 Å². The van der Waals surface area contributed by atoms with Crippen molar-refractivity contribution in [2.24, 2.45) is 11.7 Å². The molecule has 1 amide bonds. The minimum atomic E-state index is 0.0805. The minimum Gasteiger partial charge on any atom is -0.494 e. The lowest BCUT2D eigenvalue weighted by atomic mass is 9.92. The summed E-state index contributed by atoms with van der Waals surface area (Å²) < 4.78 is 5.45. The maximum Gasteiger partial charge on any atom is 0.253 e. The highest BCUT2D eigenvalue weighted by atomic mass is 16.5. The van der Waals surface area contributed by atoms with E-state index >= 15 is 0 Å². The van der Waals surface area contributed by atoms with Crippen LogP contribution in [0.4, 0.5) is 0 Å². The largest absolute Gasteiger partial charge is 0.494 e. The SMILES string of the molecule is CCOc1cccc(C(=O)N2CCC[C@H]([C@@H](C)N)C2)c1. The first-order chi connectivity index (χ1) is 9.61. The topological polar surface area (TPSA) is 55.6 Å². The van der Waals surface area contributed by atoms with Crippen molar-refractivity contribution in [3.05, 3.63) is 29.8 Å². The van der Waals surface area contributed by atoms with Crippen LogP contribution in [0.1, 0.15) is 37.0 Å². The zero-order valence-corrected chi connectivity index (χ0v) is 12.3. The number of ether oxygens (including phenoxy) is 1. The van der Waals surface area contributed by atoms with Crippen molar-refractivity contribution < 1.29 is 9.53 Å². The van der Waals surface area contributed by atoms with E-state index in [0.29, 0.717) is 18.1 Å². The predicted octanol–water partition coefficient (Wildman–Crippen LogP) is 2.28. The molecule has 0 unspecified atom stereocenters. The smallest absolute Gasteiger partial charge is 0.253 e. The number of hydrogen-bond donors (Lipinski definition) is 1. The number of amides is 1. The third-order valence-electron chi connectivity index (χ3n) is 3.88. The molecule has 0 saturated carbocycles. The molecule has 2 N–H and O–H groups in total. The molecule has 1 saturated heterocycles. The number of piperidine rings is 1. The van der Waals surface area contributed by atoms with Crippen molar-refractivity contribution >= 4 is 5.91 Å². The van der Waals surface area contributed by atoms with Crippen LogP contribution in [0.5, 0.6) is 5.75 Å². The number of carbonyl (C=O) groups excluding carboxylic acids is 1. The number of nitrogens with zero attached hydrogens (tertiary/aromatic N) is 1. The first kappa shape index (κ1) is 14.9. The van der Waals surface area contributed by atoms with Crippen LogP contribution in [0, 0.1) is 5.92 Å². The highest BCUT2D eigenvalue weighted by molar-refractivity contribution is 5.94. The molecule has 1 aromatic rings. The molecule has 0 radical (unpaired) electrons. The molecule has 0 bridgehead atoms. The van der Waals surface area contributed by atoms with E-state index < -0.39 is 0 Å². The van der Waals surface area contributed by atoms with Crippen LogP contribution in [0.15, 0.2) is 24.3 Å². The predicted molar refractivity (Wildman–Crippen MR) is 79.9 cm³/mol. The molecule has 1 fully saturated rings. The monoisotopic (exact) mass is 276 g/mol. The van der Waals surface area contributed by atoms with Gasteiger partial charge in [0.15, 0.2) is 0 Å². The van der Waals surface area contributed by atoms with E-state index in [9.17, 15) is 4.79 Å². The summed E-state index contributed by atoms with van der Waals surface area (Å²) in [6.07, 6.45) is 2.14. The van der Waals surface area contributed by atoms with E-state index in [1.807, 2.05) is 43.0 Å². The van der Waals surface area contributed by atoms with E-state index in [1.165, 1.54) is 0 Å². The number of hydrogen-bond acceptors (Lipinski definition) is 3. The molecule has 2 atom stereocenters. The fraction of sp³-hybridized carbons (Fsp3) is 0.562. The Morgan fingerprint density at radius 3 is 3.05 bits per heavy atom. The van der Waals surface area contributed by atoms with Gasteiger partial charge in [-0.25, -0.2) is 0 Å². The van der Waals surface area contributed by atoms with Crippen LogP contribution in [-0.2, 0) is 0 Å². The maximum absolute atomic E-state index is 12.6. The average molecular weight is 276 g/mol. The third kappa shape index (κ3) is 3.51. The molecule has 2 rings (SSSR count). The van der Waals surface area contributed by atoms with E-state index in [1.54, 1.807) is 0 Å². The van der Waals surface area contributed by atoms with Gasteiger partial charge in [-0.2, -0.15) is 0 Å². The summed E-state index contributed by atoms with van der Waals surface area (Å²) in [5.74, 6) is 1.23. The van der Waals surface area contributed by atoms with Gasteiger partial charge in [0, 0.05) is 24.7 Å². The van der Waals surface area contributed by atoms with Crippen molar-refractivity contribution in [3.8, 4) is 5.75 Å². The van der Waals surface area contributed by atoms with Gasteiger partial charge < -0.3 is 15.4 Å². The van der Waals surface area contributed by atoms with Crippen LogP contribution < -0.4 is 10.5 Å². The Balaban J connectivity index is 2.08. The van der Waals surface area contributed by atoms with Gasteiger partial charge in [0.1, 0.15) is 5.75 Å². The maximum atomic E-state index is 12.6. The Morgan fingerprint density at radius 1 is 1.55 bits per heavy atom. The zero-order valence-electron chi connectivity index (χ0n) is 12.3. The third-order valence-corrected chi connectivity index (χ3v) is 3.88. The lowest BCUT2D eigenvalue weighted by molar-refractivity contribution is 0.0660. The number of rotatable bonds is 4. The fourth-order valence-corrected chi connectivity index (χ4v) is 2.69. The Morgan fingerprint density at radius 2 is 2.35 bits per heavy atom. The Kier molecular flexibility index (Phi) is 5.01. The van der Waals surface area contributed by atoms with Gasteiger partial charge in [-0.05, 0) is 50.8 Å². The molecule has 0 spiro atoms. The van der Waals surface area contributed by atoms with Gasteiger partial charge in [-0.15, -0.1) is 0 Å². The summed E-state index contributed by atoms with van der Waals surface area (Å²) in [6, 6.07) is 7.55. The number of carbonyl (C=O) groups is 1. The number of nitrogens with two attached hydrogens (primary N) is 1. The van der Waals surface area contributed by atoms with Crippen molar-refractivity contribution in [1.29, 1.82) is 0 Å². The highest BCUT2D eigenvalue weighted by Crippen LogP contribution is 2.22. The first-order valence-electron chi connectivity index (χ1n) is 7.39. The number of likely N-dealkylation sites (tertiary alicyclic amines) is 1. The average Bonchev–Trinajstić information content (AvgIpc) is 2.47. The van der Waals surface area contributed by atoms with Crippen LogP contribution in [0.3, 0.4) is 0 Å². The van der Waals surface area contributed by atoms with Crippen LogP contribution in [0.2, 0.25) is 0 Å². The van der Waals surface area contributed by atoms with E-state index in [-0.39, 0.29) is 11.9 Å². The fourth-order valence-electron chi connectivity index (χ4n) is 2.69. The molecular formula is C16H24N2O2. The van der Waals surface area contributed by atoms with Crippen molar-refractivity contribution in [3.63, 3.8) is 0 Å². The van der Waals surface area contributed by atoms with Crippen LogP contribution in [0.25, 0.3) is 0 Å². The van der Waals surface area contributed by atoms with Crippen molar-refractivity contribution in [2.45, 2.75) is 32.7 Å². The molecule has 0 aliphatic carbocycles. The second kappa shape index (κ2) is 6.75. The molecule has 1 aliphatic rings. The van der Waals surface area contributed by atoms with Crippen molar-refractivity contribution in [1.82, 2.24) is 4.90 Å². The molecule has 0 aromatic heterocycles. The molecule has 1 aromatic carbocycles. The van der Waals surface area contributed by atoms with Gasteiger partial charge in [0.25, 0.3) is 5.91 Å². The quantitative estimate of drug-likeness (QED) is 0.918. The summed E-state index contributed by atoms with van der Waals surface area (Å²) in [6.45, 7) is 6.14. The summed E-state index contributed by atoms with van der Waals surface area (Å²) in [7, 11) is 0. The standard InChI is InChI=1S/C16H24N2O2/c1-3-20-15-8-4-6-13(10-15)16(19)18-9-5-7-14(11-18)12(2)17/h4,6,8,10,12,14H,3,5,7,9,11,17H2,1-2H3/t12-,14+/m1/s1. The summed E-state index contributed by atoms with van der Waals surface area (Å²) >= 11 is 0. The van der Waals surface area contributed by atoms with Gasteiger partial charge in [-0.1, -0.05) is 6.07 Å². The van der Waals surface area contributed by atoms with Crippen LogP contribution in [-0.4, -0.2) is 36.5 Å².